The number of ether oxygens (including phenoxy) is 1. The maximum Gasteiger partial charge on any atom is 0.223 e. The first-order chi connectivity index (χ1) is 20.8. The van der Waals surface area contributed by atoms with Crippen molar-refractivity contribution in [3.05, 3.63) is 42.4 Å². The van der Waals surface area contributed by atoms with Crippen LogP contribution in [0.5, 0.6) is 5.75 Å². The van der Waals surface area contributed by atoms with Gasteiger partial charge in [-0.15, -0.1) is 0 Å². The number of rotatable bonds is 10. The monoisotopic (exact) mass is 586 g/mol. The fraction of sp³-hybridized carbons (Fsp3) is 0.576. The standard InChI is InChI=1S/C33H46N8O2/c1-6-38-14-16-39(17-15-38)23-33(37-32(42)25(5)24(3)4)10-12-40(13-11-33)30-9-8-26(20-35-30)29-18-28(43-7-2)22-41-31(29)27(19-34)21-36-41/h8-9,18,20-22,24-25H,6-7,10-17,23H2,1-5H3,(H,37,42). The fourth-order valence-electron chi connectivity index (χ4n) is 6.23. The number of fused-ring (bicyclic) bond motifs is 1. The zero-order valence-electron chi connectivity index (χ0n) is 26.3. The van der Waals surface area contributed by atoms with Crippen LogP contribution in [0.25, 0.3) is 16.6 Å². The lowest BCUT2D eigenvalue weighted by molar-refractivity contribution is -0.128. The van der Waals surface area contributed by atoms with E-state index >= 15 is 0 Å². The Balaban J connectivity index is 1.33. The van der Waals surface area contributed by atoms with Gasteiger partial charge in [0.1, 0.15) is 17.6 Å². The Hall–Kier alpha value is -3.68. The number of carbonyl (C=O) groups excluding carboxylic acids is 1. The zero-order valence-corrected chi connectivity index (χ0v) is 26.3. The number of aromatic nitrogens is 3. The van der Waals surface area contributed by atoms with Crippen molar-refractivity contribution in [3.63, 3.8) is 0 Å². The van der Waals surface area contributed by atoms with Crippen LogP contribution in [0.4, 0.5) is 5.82 Å². The van der Waals surface area contributed by atoms with Crippen LogP contribution in [0.1, 0.15) is 53.0 Å². The number of amides is 1. The molecule has 230 valence electrons. The normalized spacial score (nSPS) is 18.5. The molecule has 0 spiro atoms. The molecular weight excluding hydrogens is 540 g/mol. The largest absolute Gasteiger partial charge is 0.492 e. The van der Waals surface area contributed by atoms with Crippen molar-refractivity contribution in [3.8, 4) is 22.9 Å². The fourth-order valence-corrected chi connectivity index (χ4v) is 6.23. The van der Waals surface area contributed by atoms with E-state index in [1.165, 1.54) is 0 Å². The molecule has 10 heteroatoms. The maximum atomic E-state index is 13.3. The summed E-state index contributed by atoms with van der Waals surface area (Å²) in [6, 6.07) is 8.32. The molecule has 1 amide bonds. The Bertz CT molecular complexity index is 1430. The van der Waals surface area contributed by atoms with E-state index in [9.17, 15) is 10.1 Å². The highest BCUT2D eigenvalue weighted by Gasteiger charge is 2.39. The number of nitrogens with zero attached hydrogens (tertiary/aromatic N) is 7. The second kappa shape index (κ2) is 13.3. The number of hydrogen-bond acceptors (Lipinski definition) is 8. The first kappa shape index (κ1) is 30.8. The van der Waals surface area contributed by atoms with Gasteiger partial charge in [0, 0.05) is 69.1 Å². The zero-order chi connectivity index (χ0) is 30.6. The van der Waals surface area contributed by atoms with Gasteiger partial charge in [0.15, 0.2) is 0 Å². The van der Waals surface area contributed by atoms with Crippen molar-refractivity contribution in [2.75, 3.05) is 63.9 Å². The van der Waals surface area contributed by atoms with Gasteiger partial charge in [-0.1, -0.05) is 27.7 Å². The van der Waals surface area contributed by atoms with Crippen LogP contribution >= 0.6 is 0 Å². The quantitative estimate of drug-likeness (QED) is 0.380. The van der Waals surface area contributed by atoms with Gasteiger partial charge in [-0.05, 0) is 50.4 Å². The Morgan fingerprint density at radius 3 is 2.40 bits per heavy atom. The molecule has 3 aromatic rings. The number of hydrogen-bond donors (Lipinski definition) is 1. The summed E-state index contributed by atoms with van der Waals surface area (Å²) < 4.78 is 7.47. The summed E-state index contributed by atoms with van der Waals surface area (Å²) in [5.41, 5.74) is 2.78. The minimum atomic E-state index is -0.244. The van der Waals surface area contributed by atoms with E-state index in [-0.39, 0.29) is 17.4 Å². The highest BCUT2D eigenvalue weighted by atomic mass is 16.5. The van der Waals surface area contributed by atoms with Crippen molar-refractivity contribution in [1.29, 1.82) is 5.26 Å². The van der Waals surface area contributed by atoms with Crippen LogP contribution in [0.3, 0.4) is 0 Å². The van der Waals surface area contributed by atoms with Crippen molar-refractivity contribution < 1.29 is 9.53 Å². The number of anilines is 1. The molecule has 0 aliphatic carbocycles. The summed E-state index contributed by atoms with van der Waals surface area (Å²) >= 11 is 0. The maximum absolute atomic E-state index is 13.3. The minimum Gasteiger partial charge on any atom is -0.492 e. The third kappa shape index (κ3) is 6.78. The van der Waals surface area contributed by atoms with E-state index < -0.39 is 0 Å². The number of piperidine rings is 1. The molecule has 0 aromatic carbocycles. The first-order valence-corrected chi connectivity index (χ1v) is 15.8. The topological polar surface area (TPSA) is 102 Å². The van der Waals surface area contributed by atoms with Crippen LogP contribution in [0, 0.1) is 23.2 Å². The third-order valence-electron chi connectivity index (χ3n) is 9.36. The number of carbonyl (C=O) groups is 1. The predicted octanol–water partition coefficient (Wildman–Crippen LogP) is 4.05. The highest BCUT2D eigenvalue weighted by molar-refractivity contribution is 5.85. The van der Waals surface area contributed by atoms with E-state index in [4.69, 9.17) is 9.72 Å². The second-order valence-corrected chi connectivity index (χ2v) is 12.4. The molecule has 10 nitrogen and oxygen atoms in total. The van der Waals surface area contributed by atoms with Crippen molar-refractivity contribution in [2.24, 2.45) is 11.8 Å². The molecule has 2 saturated heterocycles. The van der Waals surface area contributed by atoms with Crippen molar-refractivity contribution in [1.82, 2.24) is 29.7 Å². The van der Waals surface area contributed by atoms with Crippen molar-refractivity contribution >= 4 is 17.2 Å². The van der Waals surface area contributed by atoms with E-state index in [1.807, 2.05) is 26.1 Å². The summed E-state index contributed by atoms with van der Waals surface area (Å²) in [6.45, 7) is 18.9. The molecule has 3 aromatic heterocycles. The summed E-state index contributed by atoms with van der Waals surface area (Å²) in [5.74, 6) is 2.05. The molecular formula is C33H46N8O2. The lowest BCUT2D eigenvalue weighted by atomic mass is 9.85. The van der Waals surface area contributed by atoms with Crippen LogP contribution in [0.15, 0.2) is 36.8 Å². The number of likely N-dealkylation sites (N-methyl/N-ethyl adjacent to an activating group) is 1. The van der Waals surface area contributed by atoms with Gasteiger partial charge in [0.05, 0.1) is 35.6 Å². The molecule has 1 unspecified atom stereocenters. The van der Waals surface area contributed by atoms with Gasteiger partial charge in [0.25, 0.3) is 0 Å². The van der Waals surface area contributed by atoms with Crippen LogP contribution in [0.2, 0.25) is 0 Å². The van der Waals surface area contributed by atoms with Crippen LogP contribution in [-0.4, -0.2) is 94.8 Å². The molecule has 2 aliphatic heterocycles. The average Bonchev–Trinajstić information content (AvgIpc) is 3.44. The summed E-state index contributed by atoms with van der Waals surface area (Å²) in [5, 5.41) is 17.6. The summed E-state index contributed by atoms with van der Waals surface area (Å²) in [7, 11) is 0. The Kier molecular flexibility index (Phi) is 9.52. The molecule has 2 fully saturated rings. The van der Waals surface area contributed by atoms with Gasteiger partial charge < -0.3 is 19.9 Å². The van der Waals surface area contributed by atoms with E-state index in [2.05, 4.69) is 64.1 Å². The van der Waals surface area contributed by atoms with Gasteiger partial charge in [-0.25, -0.2) is 9.50 Å². The second-order valence-electron chi connectivity index (χ2n) is 12.4. The number of nitriles is 1. The molecule has 0 radical (unpaired) electrons. The van der Waals surface area contributed by atoms with Gasteiger partial charge in [0.2, 0.25) is 5.91 Å². The third-order valence-corrected chi connectivity index (χ3v) is 9.36. The van der Waals surface area contributed by atoms with Gasteiger partial charge >= 0.3 is 0 Å². The van der Waals surface area contributed by atoms with Crippen molar-refractivity contribution in [2.45, 2.75) is 53.0 Å². The number of pyridine rings is 2. The summed E-state index contributed by atoms with van der Waals surface area (Å²) in [4.78, 5) is 25.5. The number of nitrogens with one attached hydrogen (secondary N) is 1. The minimum absolute atomic E-state index is 0.0221. The smallest absolute Gasteiger partial charge is 0.223 e. The van der Waals surface area contributed by atoms with Gasteiger partial charge in [-0.3, -0.25) is 9.69 Å². The first-order valence-electron chi connectivity index (χ1n) is 15.8. The van der Waals surface area contributed by atoms with Crippen LogP contribution < -0.4 is 15.0 Å². The Morgan fingerprint density at radius 1 is 1.07 bits per heavy atom. The Morgan fingerprint density at radius 2 is 1.79 bits per heavy atom. The molecule has 43 heavy (non-hydrogen) atoms. The molecule has 2 aliphatic rings. The highest BCUT2D eigenvalue weighted by Crippen LogP contribution is 2.33. The SMILES string of the molecule is CCOc1cc(-c2ccc(N3CCC(CN4CCN(CC)CC4)(NC(=O)C(C)C(C)C)CC3)nc2)c2c(C#N)cnn2c1. The molecule has 1 atom stereocenters. The van der Waals surface area contributed by atoms with E-state index in [0.717, 1.165) is 87.7 Å². The average molecular weight is 587 g/mol. The molecule has 0 saturated carbocycles. The Labute approximate surface area is 255 Å². The molecule has 5 rings (SSSR count). The summed E-state index contributed by atoms with van der Waals surface area (Å²) in [6.07, 6.45) is 7.00. The predicted molar refractivity (Wildman–Crippen MR) is 169 cm³/mol. The lowest BCUT2D eigenvalue weighted by Gasteiger charge is -2.47. The van der Waals surface area contributed by atoms with E-state index in [0.29, 0.717) is 23.8 Å². The molecule has 5 heterocycles. The molecule has 0 bridgehead atoms. The lowest BCUT2D eigenvalue weighted by Crippen LogP contribution is -2.63. The number of piperazine rings is 1. The van der Waals surface area contributed by atoms with Gasteiger partial charge in [-0.2, -0.15) is 10.4 Å². The molecule has 1 N–H and O–H groups in total. The van der Waals surface area contributed by atoms with Crippen LogP contribution in [-0.2, 0) is 4.79 Å². The van der Waals surface area contributed by atoms with E-state index in [1.54, 1.807) is 16.9 Å².